The van der Waals surface area contributed by atoms with Crippen molar-refractivity contribution in [3.05, 3.63) is 42.0 Å². The van der Waals surface area contributed by atoms with E-state index in [9.17, 15) is 4.79 Å². The molecule has 0 aromatic heterocycles. The van der Waals surface area contributed by atoms with Gasteiger partial charge < -0.3 is 9.47 Å². The van der Waals surface area contributed by atoms with Gasteiger partial charge in [-0.05, 0) is 37.5 Å². The van der Waals surface area contributed by atoms with Gasteiger partial charge in [0.05, 0.1) is 6.61 Å². The molecule has 17 heavy (non-hydrogen) atoms. The van der Waals surface area contributed by atoms with Crippen LogP contribution >= 0.6 is 0 Å². The molecule has 90 valence electrons. The number of carbonyl (C=O) groups is 1. The van der Waals surface area contributed by atoms with E-state index in [1.807, 2.05) is 18.2 Å². The lowest BCUT2D eigenvalue weighted by molar-refractivity contribution is -0.137. The SMILES string of the molecule is CCOC(=O)/C=C/[C@H]1CCc2ccccc2O1. The molecule has 1 heterocycles. The predicted octanol–water partition coefficient (Wildman–Crippen LogP) is 2.50. The molecule has 1 aliphatic rings. The Morgan fingerprint density at radius 2 is 2.35 bits per heavy atom. The van der Waals surface area contributed by atoms with E-state index in [1.165, 1.54) is 11.6 Å². The highest BCUT2D eigenvalue weighted by Gasteiger charge is 2.16. The molecule has 0 saturated heterocycles. The lowest BCUT2D eigenvalue weighted by atomic mass is 10.0. The highest BCUT2D eigenvalue weighted by molar-refractivity contribution is 5.81. The molecule has 0 saturated carbocycles. The topological polar surface area (TPSA) is 35.5 Å². The number of carbonyl (C=O) groups excluding carboxylic acids is 1. The van der Waals surface area contributed by atoms with E-state index in [2.05, 4.69) is 6.07 Å². The van der Waals surface area contributed by atoms with Gasteiger partial charge in [-0.25, -0.2) is 4.79 Å². The molecule has 1 aromatic rings. The van der Waals surface area contributed by atoms with Crippen LogP contribution in [0.15, 0.2) is 36.4 Å². The Balaban J connectivity index is 1.96. The van der Waals surface area contributed by atoms with Crippen LogP contribution < -0.4 is 4.74 Å². The quantitative estimate of drug-likeness (QED) is 0.593. The maximum absolute atomic E-state index is 11.2. The van der Waals surface area contributed by atoms with Crippen LogP contribution in [-0.4, -0.2) is 18.7 Å². The molecule has 3 heteroatoms. The summed E-state index contributed by atoms with van der Waals surface area (Å²) < 4.78 is 10.6. The molecule has 3 nitrogen and oxygen atoms in total. The summed E-state index contributed by atoms with van der Waals surface area (Å²) >= 11 is 0. The van der Waals surface area contributed by atoms with Crippen molar-refractivity contribution in [1.29, 1.82) is 0 Å². The van der Waals surface area contributed by atoms with Gasteiger partial charge in [-0.15, -0.1) is 0 Å². The Kier molecular flexibility index (Phi) is 3.81. The van der Waals surface area contributed by atoms with Crippen LogP contribution in [0, 0.1) is 0 Å². The van der Waals surface area contributed by atoms with E-state index in [0.29, 0.717) is 6.61 Å². The standard InChI is InChI=1S/C14H16O3/c1-2-16-14(15)10-9-12-8-7-11-5-3-4-6-13(11)17-12/h3-6,9-10,12H,2,7-8H2,1H3/b10-9+/t12-/m1/s1. The molecular formula is C14H16O3. The first-order valence-corrected chi connectivity index (χ1v) is 5.89. The molecule has 0 aliphatic carbocycles. The Labute approximate surface area is 101 Å². The summed E-state index contributed by atoms with van der Waals surface area (Å²) in [4.78, 5) is 11.2. The average Bonchev–Trinajstić information content (AvgIpc) is 2.36. The van der Waals surface area contributed by atoms with Crippen molar-refractivity contribution in [2.75, 3.05) is 6.61 Å². The molecule has 0 radical (unpaired) electrons. The Bertz CT molecular complexity index is 423. The second-order valence-electron chi connectivity index (χ2n) is 3.91. The van der Waals surface area contributed by atoms with Crippen molar-refractivity contribution in [3.63, 3.8) is 0 Å². The first-order chi connectivity index (χ1) is 8.29. The minimum absolute atomic E-state index is 0.0330. The molecule has 0 spiro atoms. The maximum atomic E-state index is 11.2. The van der Waals surface area contributed by atoms with Crippen molar-refractivity contribution in [2.45, 2.75) is 25.9 Å². The van der Waals surface area contributed by atoms with Crippen LogP contribution in [-0.2, 0) is 16.0 Å². The van der Waals surface area contributed by atoms with E-state index in [0.717, 1.165) is 18.6 Å². The number of rotatable bonds is 3. The van der Waals surface area contributed by atoms with E-state index >= 15 is 0 Å². The molecule has 0 bridgehead atoms. The van der Waals surface area contributed by atoms with Crippen molar-refractivity contribution in [1.82, 2.24) is 0 Å². The highest BCUT2D eigenvalue weighted by Crippen LogP contribution is 2.27. The number of aryl methyl sites for hydroxylation is 1. The zero-order valence-corrected chi connectivity index (χ0v) is 9.89. The summed E-state index contributed by atoms with van der Waals surface area (Å²) in [7, 11) is 0. The predicted molar refractivity (Wildman–Crippen MR) is 65.0 cm³/mol. The van der Waals surface area contributed by atoms with Gasteiger partial charge in [0.25, 0.3) is 0 Å². The number of fused-ring (bicyclic) bond motifs is 1. The number of esters is 1. The van der Waals surface area contributed by atoms with Gasteiger partial charge in [0, 0.05) is 6.08 Å². The van der Waals surface area contributed by atoms with Crippen molar-refractivity contribution >= 4 is 5.97 Å². The third-order valence-electron chi connectivity index (χ3n) is 2.68. The van der Waals surface area contributed by atoms with Gasteiger partial charge in [-0.2, -0.15) is 0 Å². The lowest BCUT2D eigenvalue weighted by Gasteiger charge is -2.23. The van der Waals surface area contributed by atoms with Crippen LogP contribution in [0.5, 0.6) is 5.75 Å². The first kappa shape index (κ1) is 11.7. The van der Waals surface area contributed by atoms with E-state index in [-0.39, 0.29) is 12.1 Å². The van der Waals surface area contributed by atoms with Gasteiger partial charge in [-0.3, -0.25) is 0 Å². The minimum atomic E-state index is -0.310. The monoisotopic (exact) mass is 232 g/mol. The van der Waals surface area contributed by atoms with Crippen molar-refractivity contribution < 1.29 is 14.3 Å². The van der Waals surface area contributed by atoms with Gasteiger partial charge in [-0.1, -0.05) is 18.2 Å². The van der Waals surface area contributed by atoms with Crippen LogP contribution in [0.1, 0.15) is 18.9 Å². The largest absolute Gasteiger partial charge is 0.486 e. The molecule has 0 N–H and O–H groups in total. The van der Waals surface area contributed by atoms with Crippen LogP contribution in [0.25, 0.3) is 0 Å². The first-order valence-electron chi connectivity index (χ1n) is 5.89. The van der Waals surface area contributed by atoms with Crippen LogP contribution in [0.4, 0.5) is 0 Å². The number of hydrogen-bond acceptors (Lipinski definition) is 3. The van der Waals surface area contributed by atoms with Crippen LogP contribution in [0.2, 0.25) is 0 Å². The fourth-order valence-electron chi connectivity index (χ4n) is 1.86. The summed E-state index contributed by atoms with van der Waals surface area (Å²) in [5, 5.41) is 0. The summed E-state index contributed by atoms with van der Waals surface area (Å²) in [6.07, 6.45) is 5.06. The number of benzene rings is 1. The van der Waals surface area contributed by atoms with Crippen molar-refractivity contribution in [2.24, 2.45) is 0 Å². The van der Waals surface area contributed by atoms with Gasteiger partial charge in [0.15, 0.2) is 0 Å². The van der Waals surface area contributed by atoms with Gasteiger partial charge in [0.2, 0.25) is 0 Å². The summed E-state index contributed by atoms with van der Waals surface area (Å²) in [6.45, 7) is 2.19. The minimum Gasteiger partial charge on any atom is -0.486 e. The zero-order valence-electron chi connectivity index (χ0n) is 9.89. The molecule has 0 unspecified atom stereocenters. The maximum Gasteiger partial charge on any atom is 0.330 e. The molecule has 1 aromatic carbocycles. The lowest BCUT2D eigenvalue weighted by Crippen LogP contribution is -2.20. The highest BCUT2D eigenvalue weighted by atomic mass is 16.5. The van der Waals surface area contributed by atoms with Crippen molar-refractivity contribution in [3.8, 4) is 5.75 Å². The second-order valence-corrected chi connectivity index (χ2v) is 3.91. The fraction of sp³-hybridized carbons (Fsp3) is 0.357. The summed E-state index contributed by atoms with van der Waals surface area (Å²) in [5.41, 5.74) is 1.23. The Hall–Kier alpha value is -1.77. The van der Waals surface area contributed by atoms with E-state index < -0.39 is 0 Å². The molecule has 0 amide bonds. The molecule has 2 rings (SSSR count). The third-order valence-corrected chi connectivity index (χ3v) is 2.68. The number of ether oxygens (including phenoxy) is 2. The molecule has 0 fully saturated rings. The Morgan fingerprint density at radius 3 is 3.18 bits per heavy atom. The number of para-hydroxylation sites is 1. The van der Waals surface area contributed by atoms with E-state index in [4.69, 9.17) is 9.47 Å². The fourth-order valence-corrected chi connectivity index (χ4v) is 1.86. The molecular weight excluding hydrogens is 216 g/mol. The number of hydrogen-bond donors (Lipinski definition) is 0. The Morgan fingerprint density at radius 1 is 1.53 bits per heavy atom. The smallest absolute Gasteiger partial charge is 0.330 e. The van der Waals surface area contributed by atoms with Gasteiger partial charge in [0.1, 0.15) is 11.9 Å². The van der Waals surface area contributed by atoms with Crippen LogP contribution in [0.3, 0.4) is 0 Å². The third kappa shape index (κ3) is 3.09. The summed E-state index contributed by atoms with van der Waals surface area (Å²) in [6, 6.07) is 7.99. The second kappa shape index (κ2) is 5.53. The molecule has 1 atom stereocenters. The normalized spacial score (nSPS) is 18.5. The summed E-state index contributed by atoms with van der Waals surface area (Å²) in [5.74, 6) is 0.604. The zero-order chi connectivity index (χ0) is 12.1. The van der Waals surface area contributed by atoms with E-state index in [1.54, 1.807) is 13.0 Å². The average molecular weight is 232 g/mol. The molecule has 1 aliphatic heterocycles. The van der Waals surface area contributed by atoms with Gasteiger partial charge >= 0.3 is 5.97 Å².